The summed E-state index contributed by atoms with van der Waals surface area (Å²) in [6.07, 6.45) is 2.28. The number of hydrogen-bond donors (Lipinski definition) is 1. The van der Waals surface area contributed by atoms with E-state index in [0.29, 0.717) is 17.7 Å². The fourth-order valence-electron chi connectivity index (χ4n) is 4.49. The van der Waals surface area contributed by atoms with Crippen LogP contribution in [0.4, 0.5) is 5.69 Å². The Balaban J connectivity index is 1.67. The van der Waals surface area contributed by atoms with Gasteiger partial charge >= 0.3 is 0 Å². The van der Waals surface area contributed by atoms with E-state index < -0.39 is 10.0 Å². The summed E-state index contributed by atoms with van der Waals surface area (Å²) >= 11 is 0. The Hall–Kier alpha value is -3.32. The number of nitrogens with zero attached hydrogens (tertiary/aromatic N) is 1. The molecule has 1 aliphatic rings. The van der Waals surface area contributed by atoms with E-state index in [0.717, 1.165) is 28.5 Å². The minimum atomic E-state index is -3.82. The first-order chi connectivity index (χ1) is 16.3. The lowest BCUT2D eigenvalue weighted by Crippen LogP contribution is -2.44. The Morgan fingerprint density at radius 3 is 2.29 bits per heavy atom. The molecule has 1 atom stereocenters. The first-order valence-electron chi connectivity index (χ1n) is 11.5. The van der Waals surface area contributed by atoms with Crippen molar-refractivity contribution in [2.75, 3.05) is 11.4 Å². The molecule has 1 N–H and O–H groups in total. The van der Waals surface area contributed by atoms with Crippen LogP contribution in [0.5, 0.6) is 5.75 Å². The second-order valence-electron chi connectivity index (χ2n) is 8.56. The van der Waals surface area contributed by atoms with E-state index >= 15 is 0 Å². The highest BCUT2D eigenvalue weighted by molar-refractivity contribution is 7.92. The van der Waals surface area contributed by atoms with Crippen LogP contribution in [0, 0.1) is 0 Å². The maximum atomic E-state index is 13.5. The summed E-state index contributed by atoms with van der Waals surface area (Å²) in [6, 6.07) is 22.5. The van der Waals surface area contributed by atoms with Crippen LogP contribution in [-0.4, -0.2) is 27.0 Å². The van der Waals surface area contributed by atoms with E-state index in [4.69, 9.17) is 4.74 Å². The molecule has 0 spiro atoms. The van der Waals surface area contributed by atoms with Gasteiger partial charge in [0.15, 0.2) is 0 Å². The number of hydrogen-bond acceptors (Lipinski definition) is 4. The molecule has 0 aromatic heterocycles. The zero-order valence-corrected chi connectivity index (χ0v) is 20.5. The Kier molecular flexibility index (Phi) is 6.66. The molecule has 0 bridgehead atoms. The average Bonchev–Trinajstić information content (AvgIpc) is 2.88. The van der Waals surface area contributed by atoms with Crippen LogP contribution in [0.1, 0.15) is 55.1 Å². The number of anilines is 1. The van der Waals surface area contributed by atoms with Gasteiger partial charge in [0.05, 0.1) is 22.2 Å². The number of carbonyl (C=O) groups is 1. The molecule has 0 unspecified atom stereocenters. The van der Waals surface area contributed by atoms with Crippen molar-refractivity contribution >= 4 is 21.6 Å². The number of para-hydroxylation sites is 2. The van der Waals surface area contributed by atoms with E-state index in [9.17, 15) is 13.2 Å². The van der Waals surface area contributed by atoms with E-state index in [-0.39, 0.29) is 22.4 Å². The summed E-state index contributed by atoms with van der Waals surface area (Å²) < 4.78 is 33.9. The highest BCUT2D eigenvalue weighted by Crippen LogP contribution is 2.42. The number of fused-ring (bicyclic) bond motifs is 1. The van der Waals surface area contributed by atoms with Crippen molar-refractivity contribution in [3.63, 3.8) is 0 Å². The zero-order chi connectivity index (χ0) is 24.3. The molecule has 0 fully saturated rings. The van der Waals surface area contributed by atoms with Crippen LogP contribution >= 0.6 is 0 Å². The first-order valence-corrected chi connectivity index (χ1v) is 13.0. The van der Waals surface area contributed by atoms with Crippen molar-refractivity contribution in [3.8, 4) is 5.75 Å². The Morgan fingerprint density at radius 2 is 1.59 bits per heavy atom. The smallest absolute Gasteiger partial charge is 0.264 e. The average molecular weight is 479 g/mol. The monoisotopic (exact) mass is 478 g/mol. The fourth-order valence-corrected chi connectivity index (χ4v) is 5.72. The molecule has 1 heterocycles. The maximum absolute atomic E-state index is 13.5. The SMILES string of the molecule is CCC1(CC)C[C@@H](NC(=O)c2ccccc2N(C)S(=O)(=O)c2ccccc2)c2ccccc2O1. The van der Waals surface area contributed by atoms with E-state index in [1.54, 1.807) is 54.6 Å². The van der Waals surface area contributed by atoms with Crippen molar-refractivity contribution in [2.24, 2.45) is 0 Å². The van der Waals surface area contributed by atoms with Crippen LogP contribution in [0.2, 0.25) is 0 Å². The molecule has 1 aliphatic heterocycles. The zero-order valence-electron chi connectivity index (χ0n) is 19.7. The standard InChI is InChI=1S/C27H30N2O4S/c1-4-27(5-2)19-23(21-15-10-12-18-25(21)33-27)28-26(30)22-16-9-11-17-24(22)29(3)34(31,32)20-13-7-6-8-14-20/h6-18,23H,4-5,19H2,1-3H3,(H,28,30)/t23-/m1/s1. The number of benzene rings is 3. The number of rotatable bonds is 7. The summed E-state index contributed by atoms with van der Waals surface area (Å²) in [5.74, 6) is 0.452. The molecule has 7 heteroatoms. The Labute approximate surface area is 201 Å². The molecule has 0 saturated carbocycles. The molecule has 3 aromatic rings. The van der Waals surface area contributed by atoms with Gasteiger partial charge in [-0.2, -0.15) is 0 Å². The summed E-state index contributed by atoms with van der Waals surface area (Å²) in [5, 5.41) is 3.16. The van der Waals surface area contributed by atoms with Crippen molar-refractivity contribution in [1.82, 2.24) is 5.32 Å². The minimum absolute atomic E-state index is 0.168. The molecule has 6 nitrogen and oxygen atoms in total. The van der Waals surface area contributed by atoms with Crippen LogP contribution in [0.15, 0.2) is 83.8 Å². The minimum Gasteiger partial charge on any atom is -0.487 e. The Bertz CT molecular complexity index is 1270. The lowest BCUT2D eigenvalue weighted by atomic mass is 9.83. The second-order valence-corrected chi connectivity index (χ2v) is 10.5. The van der Waals surface area contributed by atoms with E-state index in [2.05, 4.69) is 19.2 Å². The van der Waals surface area contributed by atoms with Crippen molar-refractivity contribution in [2.45, 2.75) is 49.6 Å². The van der Waals surface area contributed by atoms with Crippen LogP contribution < -0.4 is 14.4 Å². The van der Waals surface area contributed by atoms with Gasteiger partial charge in [0.2, 0.25) is 0 Å². The second kappa shape index (κ2) is 9.50. The van der Waals surface area contributed by atoms with Gasteiger partial charge in [-0.15, -0.1) is 0 Å². The number of sulfonamides is 1. The molecule has 4 rings (SSSR count). The predicted octanol–water partition coefficient (Wildman–Crippen LogP) is 5.32. The maximum Gasteiger partial charge on any atom is 0.264 e. The summed E-state index contributed by atoms with van der Waals surface area (Å²) in [6.45, 7) is 4.18. The van der Waals surface area contributed by atoms with Gasteiger partial charge in [0, 0.05) is 19.0 Å². The van der Waals surface area contributed by atoms with E-state index in [1.165, 1.54) is 7.05 Å². The largest absolute Gasteiger partial charge is 0.487 e. The molecule has 178 valence electrons. The highest BCUT2D eigenvalue weighted by Gasteiger charge is 2.39. The van der Waals surface area contributed by atoms with Gasteiger partial charge < -0.3 is 10.1 Å². The fraction of sp³-hybridized carbons (Fsp3) is 0.296. The molecule has 0 saturated heterocycles. The van der Waals surface area contributed by atoms with Gasteiger partial charge in [0.1, 0.15) is 11.4 Å². The number of nitrogens with one attached hydrogen (secondary N) is 1. The molecule has 1 amide bonds. The normalized spacial score (nSPS) is 16.7. The lowest BCUT2D eigenvalue weighted by Gasteiger charge is -2.41. The third kappa shape index (κ3) is 4.40. The topological polar surface area (TPSA) is 75.7 Å². The third-order valence-electron chi connectivity index (χ3n) is 6.68. The molecular weight excluding hydrogens is 448 g/mol. The van der Waals surface area contributed by atoms with Gasteiger partial charge in [-0.1, -0.05) is 62.4 Å². The van der Waals surface area contributed by atoms with Crippen LogP contribution in [0.3, 0.4) is 0 Å². The molecule has 0 radical (unpaired) electrons. The van der Waals surface area contributed by atoms with Crippen molar-refractivity contribution < 1.29 is 17.9 Å². The number of carbonyl (C=O) groups excluding carboxylic acids is 1. The summed E-state index contributed by atoms with van der Waals surface area (Å²) in [7, 11) is -2.35. The lowest BCUT2D eigenvalue weighted by molar-refractivity contribution is 0.0227. The highest BCUT2D eigenvalue weighted by atomic mass is 32.2. The van der Waals surface area contributed by atoms with Gasteiger partial charge in [-0.3, -0.25) is 9.10 Å². The van der Waals surface area contributed by atoms with Crippen molar-refractivity contribution in [1.29, 1.82) is 0 Å². The molecule has 34 heavy (non-hydrogen) atoms. The number of amides is 1. The van der Waals surface area contributed by atoms with Crippen LogP contribution in [-0.2, 0) is 10.0 Å². The Morgan fingerprint density at radius 1 is 0.971 bits per heavy atom. The van der Waals surface area contributed by atoms with E-state index in [1.807, 2.05) is 24.3 Å². The van der Waals surface area contributed by atoms with Gasteiger partial charge in [-0.25, -0.2) is 8.42 Å². The first kappa shape index (κ1) is 23.8. The number of ether oxygens (including phenoxy) is 1. The quantitative estimate of drug-likeness (QED) is 0.498. The molecular formula is C27H30N2O4S. The van der Waals surface area contributed by atoms with Crippen LogP contribution in [0.25, 0.3) is 0 Å². The molecule has 3 aromatic carbocycles. The van der Waals surface area contributed by atoms with Crippen molar-refractivity contribution in [3.05, 3.63) is 90.0 Å². The predicted molar refractivity (Wildman–Crippen MR) is 134 cm³/mol. The van der Waals surface area contributed by atoms with Gasteiger partial charge in [-0.05, 0) is 43.2 Å². The third-order valence-corrected chi connectivity index (χ3v) is 8.47. The summed E-state index contributed by atoms with van der Waals surface area (Å²) in [5.41, 5.74) is 1.18. The van der Waals surface area contributed by atoms with Gasteiger partial charge in [0.25, 0.3) is 15.9 Å². The molecule has 0 aliphatic carbocycles. The summed E-state index contributed by atoms with van der Waals surface area (Å²) in [4.78, 5) is 13.7.